The van der Waals surface area contributed by atoms with Crippen LogP contribution in [-0.2, 0) is 14.8 Å². The van der Waals surface area contributed by atoms with Gasteiger partial charge in [0.25, 0.3) is 0 Å². The van der Waals surface area contributed by atoms with E-state index in [9.17, 15) is 13.2 Å². The molecule has 10 heteroatoms. The van der Waals surface area contributed by atoms with Crippen molar-refractivity contribution in [1.29, 1.82) is 0 Å². The van der Waals surface area contributed by atoms with Gasteiger partial charge in [-0.2, -0.15) is 4.31 Å². The lowest BCUT2D eigenvalue weighted by Crippen LogP contribution is -2.38. The molecular weight excluding hydrogens is 435 g/mol. The maximum atomic E-state index is 12.9. The molecule has 0 heterocycles. The highest BCUT2D eigenvalue weighted by Crippen LogP contribution is 2.29. The van der Waals surface area contributed by atoms with Crippen molar-refractivity contribution in [3.8, 4) is 5.75 Å². The van der Waals surface area contributed by atoms with Gasteiger partial charge in [0.05, 0.1) is 24.4 Å². The third-order valence-electron chi connectivity index (χ3n) is 3.62. The van der Waals surface area contributed by atoms with Crippen LogP contribution in [0.5, 0.6) is 5.75 Å². The number of carbonyl (C=O) groups is 1. The molecule has 6 nitrogen and oxygen atoms in total. The Kier molecular flexibility index (Phi) is 7.36. The first-order valence-corrected chi connectivity index (χ1v) is 10.3. The van der Waals surface area contributed by atoms with E-state index in [4.69, 9.17) is 39.5 Å². The number of carbonyl (C=O) groups excluding carboxylic acids is 1. The van der Waals surface area contributed by atoms with Crippen LogP contribution < -0.4 is 10.1 Å². The number of sulfonamides is 1. The Labute approximate surface area is 173 Å². The molecule has 0 unspecified atom stereocenters. The topological polar surface area (TPSA) is 75.7 Å². The van der Waals surface area contributed by atoms with Gasteiger partial charge in [-0.1, -0.05) is 41.7 Å². The van der Waals surface area contributed by atoms with Gasteiger partial charge < -0.3 is 10.1 Å². The number of anilines is 1. The van der Waals surface area contributed by atoms with Gasteiger partial charge in [0.1, 0.15) is 10.6 Å². The smallest absolute Gasteiger partial charge is 0.245 e. The molecule has 0 radical (unpaired) electrons. The molecule has 27 heavy (non-hydrogen) atoms. The predicted molar refractivity (Wildman–Crippen MR) is 108 cm³/mol. The van der Waals surface area contributed by atoms with Crippen LogP contribution in [0.25, 0.3) is 0 Å². The molecule has 146 valence electrons. The van der Waals surface area contributed by atoms with Gasteiger partial charge in [0, 0.05) is 16.6 Å². The van der Waals surface area contributed by atoms with E-state index in [0.717, 1.165) is 4.31 Å². The normalized spacial score (nSPS) is 11.5. The number of hydrogen-bond acceptors (Lipinski definition) is 4. The summed E-state index contributed by atoms with van der Waals surface area (Å²) in [6, 6.07) is 8.84. The Morgan fingerprint density at radius 2 is 1.74 bits per heavy atom. The average Bonchev–Trinajstić information content (AvgIpc) is 2.61. The van der Waals surface area contributed by atoms with Crippen LogP contribution in [-0.4, -0.2) is 38.8 Å². The largest absolute Gasteiger partial charge is 0.495 e. The van der Waals surface area contributed by atoms with Gasteiger partial charge in [-0.15, -0.1) is 0 Å². The quantitative estimate of drug-likeness (QED) is 0.681. The van der Waals surface area contributed by atoms with E-state index in [-0.39, 0.29) is 21.5 Å². The molecule has 0 saturated carbocycles. The van der Waals surface area contributed by atoms with E-state index < -0.39 is 22.5 Å². The van der Waals surface area contributed by atoms with E-state index in [1.807, 2.05) is 0 Å². The molecule has 1 N–H and O–H groups in total. The number of nitrogens with one attached hydrogen (secondary N) is 1. The van der Waals surface area contributed by atoms with Crippen LogP contribution in [0.3, 0.4) is 0 Å². The van der Waals surface area contributed by atoms with Crippen molar-refractivity contribution in [2.75, 3.05) is 25.5 Å². The second kappa shape index (κ2) is 9.12. The molecule has 0 bridgehead atoms. The molecule has 0 spiro atoms. The molecule has 1 amide bonds. The minimum atomic E-state index is -4.02. The van der Waals surface area contributed by atoms with E-state index in [1.165, 1.54) is 31.4 Å². The molecule has 0 saturated heterocycles. The first kappa shape index (κ1) is 21.8. The minimum Gasteiger partial charge on any atom is -0.495 e. The highest BCUT2D eigenvalue weighted by molar-refractivity contribution is 7.89. The Morgan fingerprint density at radius 3 is 2.37 bits per heavy atom. The van der Waals surface area contributed by atoms with E-state index in [1.54, 1.807) is 19.1 Å². The zero-order valence-corrected chi connectivity index (χ0v) is 17.6. The molecule has 0 aliphatic rings. The maximum absolute atomic E-state index is 12.9. The number of nitrogens with zero attached hydrogens (tertiary/aromatic N) is 1. The Balaban J connectivity index is 2.25. The fraction of sp³-hybridized carbons (Fsp3) is 0.235. The minimum absolute atomic E-state index is 0.0229. The lowest BCUT2D eigenvalue weighted by atomic mass is 10.3. The van der Waals surface area contributed by atoms with Crippen molar-refractivity contribution in [1.82, 2.24) is 4.31 Å². The summed E-state index contributed by atoms with van der Waals surface area (Å²) in [5.74, 6) is -0.157. The molecule has 0 aliphatic heterocycles. The van der Waals surface area contributed by atoms with Crippen molar-refractivity contribution >= 4 is 56.4 Å². The number of ether oxygens (including phenoxy) is 1. The fourth-order valence-corrected chi connectivity index (χ4v) is 4.62. The van der Waals surface area contributed by atoms with Crippen molar-refractivity contribution in [2.24, 2.45) is 0 Å². The first-order chi connectivity index (χ1) is 12.7. The molecule has 2 aromatic rings. The van der Waals surface area contributed by atoms with Gasteiger partial charge in [0.2, 0.25) is 15.9 Å². The summed E-state index contributed by atoms with van der Waals surface area (Å²) in [7, 11) is -2.57. The summed E-state index contributed by atoms with van der Waals surface area (Å²) in [4.78, 5) is 12.3. The average molecular weight is 452 g/mol. The monoisotopic (exact) mass is 450 g/mol. The molecule has 0 aromatic heterocycles. The second-order valence-electron chi connectivity index (χ2n) is 5.40. The summed E-state index contributed by atoms with van der Waals surface area (Å²) in [5.41, 5.74) is 0.337. The highest BCUT2D eigenvalue weighted by atomic mass is 35.5. The van der Waals surface area contributed by atoms with Crippen LogP contribution in [0.1, 0.15) is 6.92 Å². The number of likely N-dealkylation sites (N-methyl/N-ethyl adjacent to an activating group) is 1. The highest BCUT2D eigenvalue weighted by Gasteiger charge is 2.28. The first-order valence-electron chi connectivity index (χ1n) is 7.77. The summed E-state index contributed by atoms with van der Waals surface area (Å²) in [5, 5.41) is 3.25. The molecule has 2 aromatic carbocycles. The summed E-state index contributed by atoms with van der Waals surface area (Å²) in [6.07, 6.45) is 0. The number of hydrogen-bond donors (Lipinski definition) is 1. The summed E-state index contributed by atoms with van der Waals surface area (Å²) in [6.45, 7) is 1.26. The van der Waals surface area contributed by atoms with Crippen LogP contribution in [0, 0.1) is 0 Å². The van der Waals surface area contributed by atoms with Gasteiger partial charge in [0.15, 0.2) is 0 Å². The molecule has 0 atom stereocenters. The Hall–Kier alpha value is -1.51. The molecule has 0 fully saturated rings. The SMILES string of the molecule is CCN(CC(=O)Nc1cc(Cl)ccc1OC)S(=O)(=O)c1cc(Cl)ccc1Cl. The number of halogens is 3. The standard InChI is InChI=1S/C17H17Cl3N2O4S/c1-3-22(27(24,25)16-9-12(19)4-6-13(16)20)10-17(23)21-14-8-11(18)5-7-15(14)26-2/h4-9H,3,10H2,1-2H3,(H,21,23). The lowest BCUT2D eigenvalue weighted by molar-refractivity contribution is -0.116. The third-order valence-corrected chi connectivity index (χ3v) is 6.49. The number of benzene rings is 2. The van der Waals surface area contributed by atoms with Crippen molar-refractivity contribution in [3.63, 3.8) is 0 Å². The van der Waals surface area contributed by atoms with E-state index in [0.29, 0.717) is 16.5 Å². The zero-order chi connectivity index (χ0) is 20.2. The van der Waals surface area contributed by atoms with Crippen LogP contribution in [0.4, 0.5) is 5.69 Å². The lowest BCUT2D eigenvalue weighted by Gasteiger charge is -2.21. The third kappa shape index (κ3) is 5.27. The van der Waals surface area contributed by atoms with Crippen LogP contribution in [0.15, 0.2) is 41.3 Å². The molecule has 0 aliphatic carbocycles. The summed E-state index contributed by atoms with van der Waals surface area (Å²) < 4.78 is 31.9. The van der Waals surface area contributed by atoms with Crippen molar-refractivity contribution < 1.29 is 17.9 Å². The molecule has 2 rings (SSSR count). The van der Waals surface area contributed by atoms with Gasteiger partial charge >= 0.3 is 0 Å². The van der Waals surface area contributed by atoms with E-state index in [2.05, 4.69) is 5.32 Å². The second-order valence-corrected chi connectivity index (χ2v) is 8.59. The molecular formula is C17H17Cl3N2O4S. The van der Waals surface area contributed by atoms with Crippen molar-refractivity contribution in [2.45, 2.75) is 11.8 Å². The van der Waals surface area contributed by atoms with Gasteiger partial charge in [-0.25, -0.2) is 8.42 Å². The van der Waals surface area contributed by atoms with Gasteiger partial charge in [-0.05, 0) is 36.4 Å². The Morgan fingerprint density at radius 1 is 1.11 bits per heavy atom. The van der Waals surface area contributed by atoms with Crippen LogP contribution in [0.2, 0.25) is 15.1 Å². The van der Waals surface area contributed by atoms with E-state index >= 15 is 0 Å². The Bertz CT molecular complexity index is 951. The maximum Gasteiger partial charge on any atom is 0.245 e. The number of amides is 1. The number of methoxy groups -OCH3 is 1. The van der Waals surface area contributed by atoms with Crippen LogP contribution >= 0.6 is 34.8 Å². The van der Waals surface area contributed by atoms with Gasteiger partial charge in [-0.3, -0.25) is 4.79 Å². The number of rotatable bonds is 7. The summed E-state index contributed by atoms with van der Waals surface area (Å²) >= 11 is 17.8. The zero-order valence-electron chi connectivity index (χ0n) is 14.5. The predicted octanol–water partition coefficient (Wildman–Crippen LogP) is 4.30. The fourth-order valence-electron chi connectivity index (χ4n) is 2.31. The van der Waals surface area contributed by atoms with Crippen molar-refractivity contribution in [3.05, 3.63) is 51.5 Å².